The van der Waals surface area contributed by atoms with Gasteiger partial charge in [0.1, 0.15) is 5.76 Å². The molecule has 0 saturated heterocycles. The van der Waals surface area contributed by atoms with Gasteiger partial charge in [-0.1, -0.05) is 27.7 Å². The Kier molecular flexibility index (Phi) is 5.21. The number of nitrogens with zero attached hydrogens (tertiary/aromatic N) is 2. The first kappa shape index (κ1) is 13.8. The average Bonchev–Trinajstić information content (AvgIpc) is 2.59. The molecular formula is C11H17BrN4O. The maximum atomic E-state index is 5.09. The molecule has 1 aromatic heterocycles. The summed E-state index contributed by atoms with van der Waals surface area (Å²) < 4.78 is 5.96. The van der Waals surface area contributed by atoms with Crippen molar-refractivity contribution in [2.45, 2.75) is 20.4 Å². The second kappa shape index (κ2) is 6.44. The fraction of sp³-hybridized carbons (Fsp3) is 0.455. The zero-order chi connectivity index (χ0) is 12.8. The highest BCUT2D eigenvalue weighted by atomic mass is 79.9. The first-order valence-electron chi connectivity index (χ1n) is 5.24. The van der Waals surface area contributed by atoms with Crippen molar-refractivity contribution in [1.82, 2.24) is 15.8 Å². The van der Waals surface area contributed by atoms with Crippen LogP contribution in [0.4, 0.5) is 0 Å². The zero-order valence-electron chi connectivity index (χ0n) is 10.3. The van der Waals surface area contributed by atoms with Gasteiger partial charge in [0.25, 0.3) is 0 Å². The molecule has 94 valence electrons. The summed E-state index contributed by atoms with van der Waals surface area (Å²) in [5, 5.41) is 10.2. The third kappa shape index (κ3) is 4.22. The van der Waals surface area contributed by atoms with Crippen LogP contribution in [0.1, 0.15) is 17.0 Å². The lowest BCUT2D eigenvalue weighted by Gasteiger charge is -2.10. The van der Waals surface area contributed by atoms with Crippen LogP contribution in [0.25, 0.3) is 0 Å². The molecule has 0 fully saturated rings. The van der Waals surface area contributed by atoms with Gasteiger partial charge in [0, 0.05) is 30.2 Å². The molecule has 0 aliphatic heterocycles. The molecule has 1 heterocycles. The molecule has 17 heavy (non-hydrogen) atoms. The molecular weight excluding hydrogens is 284 g/mol. The summed E-state index contributed by atoms with van der Waals surface area (Å²) in [4.78, 5) is 4.10. The van der Waals surface area contributed by atoms with Crippen LogP contribution < -0.4 is 10.6 Å². The minimum absolute atomic E-state index is 0.626. The Morgan fingerprint density at radius 1 is 1.47 bits per heavy atom. The second-order valence-electron chi connectivity index (χ2n) is 3.60. The molecule has 6 heteroatoms. The highest BCUT2D eigenvalue weighted by Crippen LogP contribution is 2.11. The molecule has 5 nitrogen and oxygen atoms in total. The van der Waals surface area contributed by atoms with E-state index in [0.29, 0.717) is 19.0 Å². The van der Waals surface area contributed by atoms with Crippen molar-refractivity contribution in [3.05, 3.63) is 28.1 Å². The highest BCUT2D eigenvalue weighted by molar-refractivity contribution is 9.11. The van der Waals surface area contributed by atoms with E-state index in [-0.39, 0.29) is 0 Å². The van der Waals surface area contributed by atoms with Gasteiger partial charge in [-0.25, -0.2) is 0 Å². The van der Waals surface area contributed by atoms with Crippen molar-refractivity contribution in [2.75, 3.05) is 13.6 Å². The van der Waals surface area contributed by atoms with Crippen molar-refractivity contribution >= 4 is 21.9 Å². The van der Waals surface area contributed by atoms with E-state index in [2.05, 4.69) is 43.3 Å². The van der Waals surface area contributed by atoms with Crippen LogP contribution in [0, 0.1) is 13.8 Å². The summed E-state index contributed by atoms with van der Waals surface area (Å²) in [5.74, 6) is 1.54. The van der Waals surface area contributed by atoms with E-state index in [0.717, 1.165) is 21.5 Å². The lowest BCUT2D eigenvalue weighted by Crippen LogP contribution is -2.37. The minimum atomic E-state index is 0.626. The van der Waals surface area contributed by atoms with Crippen LogP contribution in [-0.2, 0) is 6.54 Å². The number of rotatable bonds is 4. The Hall–Kier alpha value is -1.30. The summed E-state index contributed by atoms with van der Waals surface area (Å²) in [7, 11) is 1.72. The van der Waals surface area contributed by atoms with E-state index < -0.39 is 0 Å². The van der Waals surface area contributed by atoms with Gasteiger partial charge in [-0.3, -0.25) is 4.99 Å². The molecule has 0 saturated carbocycles. The molecule has 0 bridgehead atoms. The zero-order valence-corrected chi connectivity index (χ0v) is 11.9. The van der Waals surface area contributed by atoms with E-state index in [1.54, 1.807) is 7.05 Å². The third-order valence-corrected chi connectivity index (χ3v) is 2.57. The van der Waals surface area contributed by atoms with Gasteiger partial charge < -0.3 is 15.2 Å². The van der Waals surface area contributed by atoms with Crippen LogP contribution in [0.2, 0.25) is 0 Å². The Morgan fingerprint density at radius 3 is 2.65 bits per heavy atom. The Morgan fingerprint density at radius 2 is 2.18 bits per heavy atom. The van der Waals surface area contributed by atoms with Gasteiger partial charge in [-0.05, 0) is 13.8 Å². The standard InChI is InChI=1S/C11H17BrN4O/c1-7(12)5-14-11(13-4)15-6-10-8(2)16-17-9(10)3/h1,5-6H2,2-4H3,(H2,13,14,15). The van der Waals surface area contributed by atoms with E-state index in [1.165, 1.54) is 0 Å². The van der Waals surface area contributed by atoms with Crippen molar-refractivity contribution in [1.29, 1.82) is 0 Å². The van der Waals surface area contributed by atoms with Gasteiger partial charge in [0.15, 0.2) is 5.96 Å². The fourth-order valence-electron chi connectivity index (χ4n) is 1.33. The number of aryl methyl sites for hydroxylation is 2. The van der Waals surface area contributed by atoms with Gasteiger partial charge in [-0.2, -0.15) is 0 Å². The van der Waals surface area contributed by atoms with Crippen molar-refractivity contribution in [3.8, 4) is 0 Å². The maximum Gasteiger partial charge on any atom is 0.191 e. The number of hydrogen-bond donors (Lipinski definition) is 2. The lowest BCUT2D eigenvalue weighted by molar-refractivity contribution is 0.392. The molecule has 1 aromatic rings. The third-order valence-electron chi connectivity index (χ3n) is 2.29. The monoisotopic (exact) mass is 300 g/mol. The molecule has 0 radical (unpaired) electrons. The van der Waals surface area contributed by atoms with Crippen molar-refractivity contribution in [3.63, 3.8) is 0 Å². The number of aliphatic imine (C=N–C) groups is 1. The first-order chi connectivity index (χ1) is 8.04. The van der Waals surface area contributed by atoms with Crippen molar-refractivity contribution < 1.29 is 4.52 Å². The van der Waals surface area contributed by atoms with Gasteiger partial charge in [-0.15, -0.1) is 0 Å². The summed E-state index contributed by atoms with van der Waals surface area (Å²) >= 11 is 3.28. The van der Waals surface area contributed by atoms with Gasteiger partial charge in [0.05, 0.1) is 5.69 Å². The SMILES string of the molecule is C=C(Br)CNC(=NC)NCc1c(C)noc1C. The number of hydrogen-bond acceptors (Lipinski definition) is 3. The van der Waals surface area contributed by atoms with E-state index in [4.69, 9.17) is 4.52 Å². The molecule has 0 aliphatic carbocycles. The van der Waals surface area contributed by atoms with Gasteiger partial charge in [0.2, 0.25) is 0 Å². The molecule has 0 amide bonds. The minimum Gasteiger partial charge on any atom is -0.361 e. The van der Waals surface area contributed by atoms with Crippen LogP contribution in [0.15, 0.2) is 20.6 Å². The number of halogens is 1. The summed E-state index contributed by atoms with van der Waals surface area (Å²) in [6.07, 6.45) is 0. The first-order valence-corrected chi connectivity index (χ1v) is 6.03. The number of aromatic nitrogens is 1. The molecule has 0 atom stereocenters. The Balaban J connectivity index is 2.51. The van der Waals surface area contributed by atoms with Crippen LogP contribution in [-0.4, -0.2) is 24.7 Å². The van der Waals surface area contributed by atoms with Crippen molar-refractivity contribution in [2.24, 2.45) is 4.99 Å². The number of guanidine groups is 1. The maximum absolute atomic E-state index is 5.09. The predicted molar refractivity (Wildman–Crippen MR) is 72.2 cm³/mol. The van der Waals surface area contributed by atoms with E-state index >= 15 is 0 Å². The molecule has 1 rings (SSSR count). The van der Waals surface area contributed by atoms with Crippen LogP contribution >= 0.6 is 15.9 Å². The molecule has 2 N–H and O–H groups in total. The smallest absolute Gasteiger partial charge is 0.191 e. The normalized spacial score (nSPS) is 11.4. The molecule has 0 aromatic carbocycles. The largest absolute Gasteiger partial charge is 0.361 e. The summed E-state index contributed by atoms with van der Waals surface area (Å²) in [6.45, 7) is 8.82. The molecule has 0 aliphatic rings. The van der Waals surface area contributed by atoms with Gasteiger partial charge >= 0.3 is 0 Å². The molecule has 0 spiro atoms. The van der Waals surface area contributed by atoms with Crippen LogP contribution in [0.5, 0.6) is 0 Å². The summed E-state index contributed by atoms with van der Waals surface area (Å²) in [6, 6.07) is 0. The topological polar surface area (TPSA) is 62.5 Å². The quantitative estimate of drug-likeness (QED) is 0.658. The Labute approximate surface area is 109 Å². The second-order valence-corrected chi connectivity index (χ2v) is 4.72. The fourth-order valence-corrected chi connectivity index (χ4v) is 1.47. The summed E-state index contributed by atoms with van der Waals surface area (Å²) in [5.41, 5.74) is 1.96. The predicted octanol–water partition coefficient (Wildman–Crippen LogP) is 1.87. The average molecular weight is 301 g/mol. The van der Waals surface area contributed by atoms with Crippen LogP contribution in [0.3, 0.4) is 0 Å². The Bertz CT molecular complexity index is 406. The lowest BCUT2D eigenvalue weighted by atomic mass is 10.2. The van der Waals surface area contributed by atoms with E-state index in [1.807, 2.05) is 13.8 Å². The molecule has 0 unspecified atom stereocenters. The highest BCUT2D eigenvalue weighted by Gasteiger charge is 2.09. The number of nitrogens with one attached hydrogen (secondary N) is 2. The van der Waals surface area contributed by atoms with E-state index in [9.17, 15) is 0 Å².